The van der Waals surface area contributed by atoms with Gasteiger partial charge in [-0.3, -0.25) is 18.6 Å². The van der Waals surface area contributed by atoms with Gasteiger partial charge >= 0.3 is 11.8 Å². The molecule has 0 fully saturated rings. The van der Waals surface area contributed by atoms with Crippen LogP contribution in [0.5, 0.6) is 0 Å². The summed E-state index contributed by atoms with van der Waals surface area (Å²) in [4.78, 5) is 24.9. The van der Waals surface area contributed by atoms with Crippen LogP contribution in [0.25, 0.3) is 0 Å². The number of hydrogen-bond acceptors (Lipinski definition) is 6. The number of amides is 2. The molecule has 1 aliphatic heterocycles. The molecular weight excluding hydrogens is 434 g/mol. The third-order valence-electron chi connectivity index (χ3n) is 5.20. The Bertz CT molecular complexity index is 1170. The Labute approximate surface area is 185 Å². The van der Waals surface area contributed by atoms with Crippen LogP contribution in [0.2, 0.25) is 0 Å². The van der Waals surface area contributed by atoms with Gasteiger partial charge in [-0.2, -0.15) is 5.10 Å². The van der Waals surface area contributed by atoms with Crippen molar-refractivity contribution in [3.8, 4) is 0 Å². The van der Waals surface area contributed by atoms with Crippen LogP contribution in [0.1, 0.15) is 23.8 Å². The predicted octanol–water partition coefficient (Wildman–Crippen LogP) is 1.53. The number of nitrogens with one attached hydrogen (secondary N) is 2. The zero-order valence-electron chi connectivity index (χ0n) is 17.4. The van der Waals surface area contributed by atoms with Crippen molar-refractivity contribution in [3.05, 3.63) is 66.4 Å². The van der Waals surface area contributed by atoms with Crippen LogP contribution in [-0.2, 0) is 26.0 Å². The van der Waals surface area contributed by atoms with Gasteiger partial charge in [-0.1, -0.05) is 6.07 Å². The fourth-order valence-corrected chi connectivity index (χ4v) is 4.68. The van der Waals surface area contributed by atoms with E-state index in [9.17, 15) is 18.0 Å². The number of furan rings is 1. The molecule has 3 heterocycles. The number of hydrogen-bond donors (Lipinski definition) is 2. The first-order chi connectivity index (χ1) is 15.3. The number of rotatable bonds is 6. The normalized spacial score (nSPS) is 14.5. The van der Waals surface area contributed by atoms with E-state index < -0.39 is 27.9 Å². The van der Waals surface area contributed by atoms with E-state index in [1.54, 1.807) is 53.5 Å². The second-order valence-electron chi connectivity index (χ2n) is 7.46. The molecule has 2 aromatic heterocycles. The van der Waals surface area contributed by atoms with Crippen LogP contribution in [0.3, 0.4) is 0 Å². The maximum atomic E-state index is 12.4. The van der Waals surface area contributed by atoms with E-state index >= 15 is 0 Å². The molecule has 32 heavy (non-hydrogen) atoms. The van der Waals surface area contributed by atoms with Gasteiger partial charge in [-0.15, -0.1) is 0 Å². The highest BCUT2D eigenvalue weighted by atomic mass is 32.2. The lowest BCUT2D eigenvalue weighted by Gasteiger charge is -2.29. The van der Waals surface area contributed by atoms with E-state index in [0.717, 1.165) is 24.7 Å². The first-order valence-corrected chi connectivity index (χ1v) is 11.9. The summed E-state index contributed by atoms with van der Waals surface area (Å²) >= 11 is 0. The molecule has 0 radical (unpaired) electrons. The maximum Gasteiger partial charge on any atom is 0.313 e. The Hall–Kier alpha value is -3.60. The summed E-state index contributed by atoms with van der Waals surface area (Å²) in [5.41, 5.74) is 1.74. The van der Waals surface area contributed by atoms with Gasteiger partial charge in [0.05, 0.1) is 18.2 Å². The standard InChI is InChI=1S/C21H23N5O5S/c1-32(29,30)26-11-2-5-15-7-8-16(13-17(15)26)24-21(28)20(27)22-14-18(19-6-3-12-31-19)25-10-4-9-23-25/h3-4,6-10,12-13,18H,2,5,11,14H2,1H3,(H,22,27)(H,24,28). The second-order valence-corrected chi connectivity index (χ2v) is 9.37. The first kappa shape index (κ1) is 21.6. The monoisotopic (exact) mass is 457 g/mol. The topological polar surface area (TPSA) is 127 Å². The number of anilines is 2. The van der Waals surface area contributed by atoms with Crippen molar-refractivity contribution in [1.82, 2.24) is 15.1 Å². The molecule has 4 rings (SSSR count). The highest BCUT2D eigenvalue weighted by Gasteiger charge is 2.25. The summed E-state index contributed by atoms with van der Waals surface area (Å²) in [5, 5.41) is 9.32. The lowest BCUT2D eigenvalue weighted by Crippen LogP contribution is -2.39. The predicted molar refractivity (Wildman–Crippen MR) is 118 cm³/mol. The number of fused-ring (bicyclic) bond motifs is 1. The molecule has 3 aromatic rings. The molecule has 1 unspecified atom stereocenters. The van der Waals surface area contributed by atoms with Crippen LogP contribution < -0.4 is 14.9 Å². The van der Waals surface area contributed by atoms with Gasteiger partial charge in [0.15, 0.2) is 0 Å². The summed E-state index contributed by atoms with van der Waals surface area (Å²) in [6, 6.07) is 9.84. The van der Waals surface area contributed by atoms with Gasteiger partial charge < -0.3 is 15.1 Å². The zero-order chi connectivity index (χ0) is 22.7. The molecule has 1 aliphatic rings. The highest BCUT2D eigenvalue weighted by Crippen LogP contribution is 2.31. The number of sulfonamides is 1. The van der Waals surface area contributed by atoms with Crippen molar-refractivity contribution in [2.24, 2.45) is 0 Å². The van der Waals surface area contributed by atoms with Gasteiger partial charge in [-0.05, 0) is 48.7 Å². The van der Waals surface area contributed by atoms with Crippen LogP contribution in [0, 0.1) is 0 Å². The minimum atomic E-state index is -3.44. The molecule has 1 aromatic carbocycles. The molecule has 10 nitrogen and oxygen atoms in total. The number of aryl methyl sites for hydroxylation is 1. The second kappa shape index (κ2) is 8.87. The van der Waals surface area contributed by atoms with E-state index in [1.165, 1.54) is 10.6 Å². The average Bonchev–Trinajstić information content (AvgIpc) is 3.47. The van der Waals surface area contributed by atoms with E-state index in [2.05, 4.69) is 15.7 Å². The number of carbonyl (C=O) groups is 2. The SMILES string of the molecule is CS(=O)(=O)N1CCCc2ccc(NC(=O)C(=O)NCC(c3ccco3)n3cccn3)cc21. The molecule has 0 spiro atoms. The Balaban J connectivity index is 1.43. The third-order valence-corrected chi connectivity index (χ3v) is 6.38. The molecule has 0 bridgehead atoms. The van der Waals surface area contributed by atoms with Gasteiger partial charge in [-0.25, -0.2) is 8.42 Å². The smallest absolute Gasteiger partial charge is 0.313 e. The lowest BCUT2D eigenvalue weighted by atomic mass is 10.0. The van der Waals surface area contributed by atoms with Crippen LogP contribution in [0.15, 0.2) is 59.5 Å². The fourth-order valence-electron chi connectivity index (χ4n) is 3.69. The highest BCUT2D eigenvalue weighted by molar-refractivity contribution is 7.92. The number of benzene rings is 1. The molecule has 168 valence electrons. The Morgan fingerprint density at radius 1 is 1.22 bits per heavy atom. The zero-order valence-corrected chi connectivity index (χ0v) is 18.2. The maximum absolute atomic E-state index is 12.4. The molecule has 2 amide bonds. The summed E-state index contributed by atoms with van der Waals surface area (Å²) in [7, 11) is -3.44. The summed E-state index contributed by atoms with van der Waals surface area (Å²) in [6.07, 6.45) is 7.49. The first-order valence-electron chi connectivity index (χ1n) is 10.1. The molecule has 2 N–H and O–H groups in total. The minimum Gasteiger partial charge on any atom is -0.467 e. The minimum absolute atomic E-state index is 0.0908. The van der Waals surface area contributed by atoms with Crippen molar-refractivity contribution in [1.29, 1.82) is 0 Å². The Morgan fingerprint density at radius 3 is 2.75 bits per heavy atom. The van der Waals surface area contributed by atoms with Crippen molar-refractivity contribution in [3.63, 3.8) is 0 Å². The summed E-state index contributed by atoms with van der Waals surface area (Å²) in [5.74, 6) is -1.10. The van der Waals surface area contributed by atoms with Crippen LogP contribution in [-0.4, -0.2) is 49.4 Å². The van der Waals surface area contributed by atoms with Gasteiger partial charge in [0, 0.05) is 31.2 Å². The van der Waals surface area contributed by atoms with Gasteiger partial charge in [0.2, 0.25) is 10.0 Å². The molecular formula is C21H23N5O5S. The number of carbonyl (C=O) groups excluding carboxylic acids is 2. The van der Waals surface area contributed by atoms with Crippen molar-refractivity contribution < 1.29 is 22.4 Å². The Morgan fingerprint density at radius 2 is 2.06 bits per heavy atom. The molecule has 11 heteroatoms. The molecule has 0 saturated heterocycles. The molecule has 0 aliphatic carbocycles. The largest absolute Gasteiger partial charge is 0.467 e. The van der Waals surface area contributed by atoms with Crippen LogP contribution >= 0.6 is 0 Å². The lowest BCUT2D eigenvalue weighted by molar-refractivity contribution is -0.136. The average molecular weight is 458 g/mol. The number of nitrogens with zero attached hydrogens (tertiary/aromatic N) is 3. The third kappa shape index (κ3) is 4.67. The van der Waals surface area contributed by atoms with E-state index in [4.69, 9.17) is 4.42 Å². The van der Waals surface area contributed by atoms with Crippen molar-refractivity contribution in [2.45, 2.75) is 18.9 Å². The quantitative estimate of drug-likeness (QED) is 0.541. The summed E-state index contributed by atoms with van der Waals surface area (Å²) in [6.45, 7) is 0.471. The Kier molecular flexibility index (Phi) is 5.99. The van der Waals surface area contributed by atoms with E-state index in [0.29, 0.717) is 23.7 Å². The van der Waals surface area contributed by atoms with Gasteiger partial charge in [0.25, 0.3) is 0 Å². The molecule has 1 atom stereocenters. The number of aromatic nitrogens is 2. The van der Waals surface area contributed by atoms with Crippen molar-refractivity contribution >= 4 is 33.2 Å². The van der Waals surface area contributed by atoms with E-state index in [1.807, 2.05) is 0 Å². The van der Waals surface area contributed by atoms with Gasteiger partial charge in [0.1, 0.15) is 11.8 Å². The van der Waals surface area contributed by atoms with Crippen molar-refractivity contribution in [2.75, 3.05) is 29.0 Å². The van der Waals surface area contributed by atoms with E-state index in [-0.39, 0.29) is 6.54 Å². The molecule has 0 saturated carbocycles. The van der Waals surface area contributed by atoms with Crippen LogP contribution in [0.4, 0.5) is 11.4 Å². The fraction of sp³-hybridized carbons (Fsp3) is 0.286. The summed E-state index contributed by atoms with van der Waals surface area (Å²) < 4.78 is 32.6.